The summed E-state index contributed by atoms with van der Waals surface area (Å²) in [6.45, 7) is 0.620. The van der Waals surface area contributed by atoms with Crippen LogP contribution in [0.2, 0.25) is 5.02 Å². The molecule has 2 aromatic rings. The third kappa shape index (κ3) is 3.90. The Morgan fingerprint density at radius 1 is 1.11 bits per heavy atom. The zero-order valence-corrected chi connectivity index (χ0v) is 10.5. The van der Waals surface area contributed by atoms with E-state index in [9.17, 15) is 4.39 Å². The molecular formula is C15H13ClFN. The van der Waals surface area contributed by atoms with Gasteiger partial charge in [0.1, 0.15) is 5.82 Å². The Hall–Kier alpha value is -1.80. The van der Waals surface area contributed by atoms with Gasteiger partial charge >= 0.3 is 0 Å². The summed E-state index contributed by atoms with van der Waals surface area (Å²) >= 11 is 5.76. The lowest BCUT2D eigenvalue weighted by Crippen LogP contribution is -1.98. The largest absolute Gasteiger partial charge is 0.381 e. The minimum absolute atomic E-state index is 0.336. The van der Waals surface area contributed by atoms with E-state index in [2.05, 4.69) is 5.32 Å². The standard InChI is InChI=1S/C15H13ClFN/c16-13-9-14(17)11-15(10-13)18-8-4-7-12-5-2-1-3-6-12/h1-7,9-11,18H,8H2/b7-4+. The molecule has 0 aliphatic heterocycles. The lowest BCUT2D eigenvalue weighted by Gasteiger charge is -2.04. The van der Waals surface area contributed by atoms with Crippen LogP contribution in [0.3, 0.4) is 0 Å². The average molecular weight is 262 g/mol. The minimum atomic E-state index is -0.336. The Bertz CT molecular complexity index is 517. The molecule has 1 nitrogen and oxygen atoms in total. The lowest BCUT2D eigenvalue weighted by molar-refractivity contribution is 0.628. The van der Waals surface area contributed by atoms with Crippen molar-refractivity contribution in [2.45, 2.75) is 0 Å². The zero-order valence-electron chi connectivity index (χ0n) is 9.74. The van der Waals surface area contributed by atoms with Gasteiger partial charge in [0.15, 0.2) is 0 Å². The van der Waals surface area contributed by atoms with E-state index in [-0.39, 0.29) is 5.82 Å². The number of nitrogens with one attached hydrogen (secondary N) is 1. The Labute approximate surface area is 111 Å². The smallest absolute Gasteiger partial charge is 0.126 e. The van der Waals surface area contributed by atoms with Crippen molar-refractivity contribution in [2.75, 3.05) is 11.9 Å². The highest BCUT2D eigenvalue weighted by Crippen LogP contribution is 2.17. The summed E-state index contributed by atoms with van der Waals surface area (Å²) in [4.78, 5) is 0. The van der Waals surface area contributed by atoms with Crippen molar-refractivity contribution in [1.82, 2.24) is 0 Å². The third-order valence-corrected chi connectivity index (χ3v) is 2.61. The fourth-order valence-corrected chi connectivity index (χ4v) is 1.81. The van der Waals surface area contributed by atoms with Gasteiger partial charge in [-0.2, -0.15) is 0 Å². The fourth-order valence-electron chi connectivity index (χ4n) is 1.59. The molecule has 0 atom stereocenters. The van der Waals surface area contributed by atoms with Gasteiger partial charge in [-0.1, -0.05) is 54.1 Å². The molecule has 0 spiro atoms. The van der Waals surface area contributed by atoms with Crippen LogP contribution >= 0.6 is 11.6 Å². The minimum Gasteiger partial charge on any atom is -0.381 e. The molecule has 0 heterocycles. The molecule has 0 aliphatic carbocycles. The highest BCUT2D eigenvalue weighted by molar-refractivity contribution is 6.30. The Balaban J connectivity index is 1.90. The lowest BCUT2D eigenvalue weighted by atomic mass is 10.2. The first-order valence-electron chi connectivity index (χ1n) is 5.65. The normalized spacial score (nSPS) is 10.8. The molecule has 0 bridgehead atoms. The summed E-state index contributed by atoms with van der Waals surface area (Å²) in [6.07, 6.45) is 3.99. The molecule has 92 valence electrons. The Kier molecular flexibility index (Phi) is 4.37. The fraction of sp³-hybridized carbons (Fsp3) is 0.0667. The van der Waals surface area contributed by atoms with Crippen molar-refractivity contribution in [3.63, 3.8) is 0 Å². The summed E-state index contributed by atoms with van der Waals surface area (Å²) < 4.78 is 13.1. The molecule has 0 unspecified atom stereocenters. The van der Waals surface area contributed by atoms with Crippen LogP contribution < -0.4 is 5.32 Å². The molecular weight excluding hydrogens is 249 g/mol. The predicted octanol–water partition coefficient (Wildman–Crippen LogP) is 4.60. The van der Waals surface area contributed by atoms with Gasteiger partial charge < -0.3 is 5.32 Å². The molecule has 2 rings (SSSR count). The van der Waals surface area contributed by atoms with Crippen molar-refractivity contribution >= 4 is 23.4 Å². The SMILES string of the molecule is Fc1cc(Cl)cc(NC/C=C/c2ccccc2)c1. The molecule has 0 aromatic heterocycles. The molecule has 3 heteroatoms. The molecule has 1 N–H and O–H groups in total. The second-order valence-corrected chi connectivity index (χ2v) is 4.29. The van der Waals surface area contributed by atoms with E-state index in [0.717, 1.165) is 5.56 Å². The van der Waals surface area contributed by atoms with Gasteiger partial charge in [0.2, 0.25) is 0 Å². The van der Waals surface area contributed by atoms with Crippen molar-refractivity contribution in [3.05, 3.63) is 71.0 Å². The summed E-state index contributed by atoms with van der Waals surface area (Å²) in [5, 5.41) is 3.48. The Morgan fingerprint density at radius 3 is 2.61 bits per heavy atom. The Morgan fingerprint density at radius 2 is 1.89 bits per heavy atom. The van der Waals surface area contributed by atoms with Crippen LogP contribution in [0.1, 0.15) is 5.56 Å². The summed E-state index contributed by atoms with van der Waals surface area (Å²) in [5.41, 5.74) is 1.81. The number of anilines is 1. The molecule has 0 aliphatic rings. The second kappa shape index (κ2) is 6.22. The van der Waals surface area contributed by atoms with Crippen LogP contribution in [0.15, 0.2) is 54.6 Å². The van der Waals surface area contributed by atoms with E-state index < -0.39 is 0 Å². The molecule has 0 saturated heterocycles. The molecule has 0 fully saturated rings. The maximum Gasteiger partial charge on any atom is 0.126 e. The van der Waals surface area contributed by atoms with Crippen LogP contribution in [-0.2, 0) is 0 Å². The van der Waals surface area contributed by atoms with Gasteiger partial charge in [-0.3, -0.25) is 0 Å². The van der Waals surface area contributed by atoms with E-state index in [0.29, 0.717) is 17.3 Å². The first kappa shape index (κ1) is 12.7. The molecule has 0 amide bonds. The first-order valence-corrected chi connectivity index (χ1v) is 6.03. The van der Waals surface area contributed by atoms with Crippen molar-refractivity contribution in [2.24, 2.45) is 0 Å². The topological polar surface area (TPSA) is 12.0 Å². The summed E-state index contributed by atoms with van der Waals surface area (Å²) in [7, 11) is 0. The quantitative estimate of drug-likeness (QED) is 0.848. The van der Waals surface area contributed by atoms with Gasteiger partial charge in [-0.15, -0.1) is 0 Å². The monoisotopic (exact) mass is 261 g/mol. The van der Waals surface area contributed by atoms with E-state index in [1.807, 2.05) is 42.5 Å². The number of rotatable bonds is 4. The van der Waals surface area contributed by atoms with Crippen LogP contribution in [0.4, 0.5) is 10.1 Å². The maximum absolute atomic E-state index is 13.1. The molecule has 2 aromatic carbocycles. The van der Waals surface area contributed by atoms with E-state index in [1.165, 1.54) is 12.1 Å². The summed E-state index contributed by atoms with van der Waals surface area (Å²) in [5.74, 6) is -0.336. The van der Waals surface area contributed by atoms with Gasteiger partial charge in [-0.25, -0.2) is 4.39 Å². The van der Waals surface area contributed by atoms with Crippen LogP contribution in [0.5, 0.6) is 0 Å². The van der Waals surface area contributed by atoms with Crippen molar-refractivity contribution in [3.8, 4) is 0 Å². The molecule has 18 heavy (non-hydrogen) atoms. The number of halogens is 2. The third-order valence-electron chi connectivity index (χ3n) is 2.40. The van der Waals surface area contributed by atoms with Gasteiger partial charge in [-0.05, 0) is 23.8 Å². The van der Waals surface area contributed by atoms with E-state index in [4.69, 9.17) is 11.6 Å². The highest BCUT2D eigenvalue weighted by atomic mass is 35.5. The van der Waals surface area contributed by atoms with Crippen LogP contribution in [0.25, 0.3) is 6.08 Å². The van der Waals surface area contributed by atoms with E-state index in [1.54, 1.807) is 6.07 Å². The van der Waals surface area contributed by atoms with Crippen LogP contribution in [-0.4, -0.2) is 6.54 Å². The maximum atomic E-state index is 13.1. The van der Waals surface area contributed by atoms with Gasteiger partial charge in [0.05, 0.1) is 0 Å². The summed E-state index contributed by atoms with van der Waals surface area (Å²) in [6, 6.07) is 14.4. The number of benzene rings is 2. The van der Waals surface area contributed by atoms with Crippen molar-refractivity contribution < 1.29 is 4.39 Å². The van der Waals surface area contributed by atoms with Gasteiger partial charge in [0, 0.05) is 17.3 Å². The van der Waals surface area contributed by atoms with E-state index >= 15 is 0 Å². The average Bonchev–Trinajstić information content (AvgIpc) is 2.35. The number of hydrogen-bond acceptors (Lipinski definition) is 1. The molecule has 0 saturated carbocycles. The van der Waals surface area contributed by atoms with Crippen LogP contribution in [0, 0.1) is 5.82 Å². The van der Waals surface area contributed by atoms with Gasteiger partial charge in [0.25, 0.3) is 0 Å². The van der Waals surface area contributed by atoms with Crippen molar-refractivity contribution in [1.29, 1.82) is 0 Å². The first-order chi connectivity index (χ1) is 8.74. The predicted molar refractivity (Wildman–Crippen MR) is 75.4 cm³/mol. The zero-order chi connectivity index (χ0) is 12.8. The molecule has 0 radical (unpaired) electrons. The highest BCUT2D eigenvalue weighted by Gasteiger charge is 1.97. The number of hydrogen-bond donors (Lipinski definition) is 1. The second-order valence-electron chi connectivity index (χ2n) is 3.85.